The summed E-state index contributed by atoms with van der Waals surface area (Å²) >= 11 is 0. The Balaban J connectivity index is 1.99. The van der Waals surface area contributed by atoms with Gasteiger partial charge in [-0.15, -0.1) is 0 Å². The predicted octanol–water partition coefficient (Wildman–Crippen LogP) is 3.58. The lowest BCUT2D eigenvalue weighted by atomic mass is 10.1. The molecule has 3 rings (SSSR count). The van der Waals surface area contributed by atoms with Gasteiger partial charge in [0.2, 0.25) is 0 Å². The Morgan fingerprint density at radius 1 is 1.15 bits per heavy atom. The molecular formula is C19H20N4O3. The number of aromatic nitrogens is 3. The third-order valence-electron chi connectivity index (χ3n) is 4.15. The normalized spacial score (nSPS) is 11.1. The number of aromatic carboxylic acids is 1. The maximum Gasteiger partial charge on any atom is 0.337 e. The van der Waals surface area contributed by atoms with Crippen molar-refractivity contribution in [2.24, 2.45) is 0 Å². The van der Waals surface area contributed by atoms with Crippen LogP contribution in [0.5, 0.6) is 0 Å². The maximum absolute atomic E-state index is 12.7. The van der Waals surface area contributed by atoms with Crippen molar-refractivity contribution in [3.63, 3.8) is 0 Å². The second-order valence-electron chi connectivity index (χ2n) is 6.53. The monoisotopic (exact) mass is 352 g/mol. The minimum atomic E-state index is -1.09. The van der Waals surface area contributed by atoms with Crippen LogP contribution in [0.25, 0.3) is 11.0 Å². The number of carboxylic acid groups (broad SMARTS) is 1. The molecule has 0 unspecified atom stereocenters. The fourth-order valence-electron chi connectivity index (χ4n) is 2.81. The Labute approximate surface area is 150 Å². The molecule has 3 aromatic rings. The first-order valence-electron chi connectivity index (χ1n) is 8.28. The molecule has 0 radical (unpaired) electrons. The van der Waals surface area contributed by atoms with Crippen LogP contribution in [0, 0.1) is 13.8 Å². The number of fused-ring (bicyclic) bond motifs is 1. The molecule has 0 aliphatic carbocycles. The van der Waals surface area contributed by atoms with E-state index in [1.165, 1.54) is 6.07 Å². The summed E-state index contributed by atoms with van der Waals surface area (Å²) in [5, 5.41) is 17.1. The number of anilines is 1. The van der Waals surface area contributed by atoms with E-state index in [0.29, 0.717) is 11.3 Å². The Morgan fingerprint density at radius 3 is 2.54 bits per heavy atom. The number of benzene rings is 1. The topological polar surface area (TPSA) is 97.1 Å². The molecule has 2 N–H and O–H groups in total. The van der Waals surface area contributed by atoms with Gasteiger partial charge in [0.15, 0.2) is 5.65 Å². The van der Waals surface area contributed by atoms with E-state index in [1.54, 1.807) is 42.9 Å². The Morgan fingerprint density at radius 2 is 1.88 bits per heavy atom. The van der Waals surface area contributed by atoms with Crippen LogP contribution in [0.4, 0.5) is 5.69 Å². The van der Waals surface area contributed by atoms with E-state index in [-0.39, 0.29) is 17.3 Å². The molecule has 0 saturated carbocycles. The number of carbonyl (C=O) groups is 2. The van der Waals surface area contributed by atoms with Gasteiger partial charge in [0.05, 0.1) is 28.7 Å². The molecule has 7 nitrogen and oxygen atoms in total. The second kappa shape index (κ2) is 6.59. The van der Waals surface area contributed by atoms with Crippen molar-refractivity contribution in [3.8, 4) is 0 Å². The summed E-state index contributed by atoms with van der Waals surface area (Å²) in [5.74, 6) is -1.49. The van der Waals surface area contributed by atoms with Crippen molar-refractivity contribution in [2.75, 3.05) is 5.32 Å². The first-order chi connectivity index (χ1) is 12.3. The van der Waals surface area contributed by atoms with Crippen LogP contribution in [-0.2, 0) is 0 Å². The summed E-state index contributed by atoms with van der Waals surface area (Å²) in [7, 11) is 0. The van der Waals surface area contributed by atoms with Gasteiger partial charge in [-0.25, -0.2) is 14.5 Å². The zero-order chi connectivity index (χ0) is 19.0. The summed E-state index contributed by atoms with van der Waals surface area (Å²) in [5.41, 5.74) is 2.78. The highest BCUT2D eigenvalue weighted by Gasteiger charge is 2.18. The lowest BCUT2D eigenvalue weighted by molar-refractivity contribution is 0.0698. The molecule has 26 heavy (non-hydrogen) atoms. The minimum absolute atomic E-state index is 0.0534. The van der Waals surface area contributed by atoms with Crippen LogP contribution in [-0.4, -0.2) is 31.7 Å². The number of aryl methyl sites for hydroxylation is 2. The third kappa shape index (κ3) is 3.15. The number of nitrogens with zero attached hydrogens (tertiary/aromatic N) is 3. The summed E-state index contributed by atoms with van der Waals surface area (Å²) < 4.78 is 1.80. The van der Waals surface area contributed by atoms with Crippen molar-refractivity contribution in [1.29, 1.82) is 0 Å². The van der Waals surface area contributed by atoms with Crippen molar-refractivity contribution >= 4 is 28.6 Å². The van der Waals surface area contributed by atoms with Crippen molar-refractivity contribution < 1.29 is 14.7 Å². The fraction of sp³-hybridized carbons (Fsp3) is 0.263. The highest BCUT2D eigenvalue weighted by Crippen LogP contribution is 2.22. The molecule has 0 fully saturated rings. The molecule has 0 bridgehead atoms. The van der Waals surface area contributed by atoms with E-state index >= 15 is 0 Å². The van der Waals surface area contributed by atoms with Crippen molar-refractivity contribution in [2.45, 2.75) is 33.7 Å². The molecule has 0 aliphatic heterocycles. The SMILES string of the molecule is Cc1ccc(NC(=O)c2cc3cnn(C(C)C)c3nc2C)c(C(=O)O)c1. The van der Waals surface area contributed by atoms with Gasteiger partial charge in [-0.3, -0.25) is 4.79 Å². The third-order valence-corrected chi connectivity index (χ3v) is 4.15. The van der Waals surface area contributed by atoms with Gasteiger partial charge in [-0.05, 0) is 45.9 Å². The van der Waals surface area contributed by atoms with Crippen LogP contribution < -0.4 is 5.32 Å². The molecule has 0 atom stereocenters. The molecule has 0 aliphatic rings. The Hall–Kier alpha value is -3.22. The fourth-order valence-corrected chi connectivity index (χ4v) is 2.81. The van der Waals surface area contributed by atoms with Gasteiger partial charge in [0.25, 0.3) is 5.91 Å². The quantitative estimate of drug-likeness (QED) is 0.748. The maximum atomic E-state index is 12.7. The largest absolute Gasteiger partial charge is 0.478 e. The highest BCUT2D eigenvalue weighted by atomic mass is 16.4. The number of pyridine rings is 1. The van der Waals surface area contributed by atoms with Crippen molar-refractivity contribution in [1.82, 2.24) is 14.8 Å². The molecular weight excluding hydrogens is 332 g/mol. The molecule has 134 valence electrons. The number of nitrogens with one attached hydrogen (secondary N) is 1. The number of carbonyl (C=O) groups excluding carboxylic acids is 1. The second-order valence-corrected chi connectivity index (χ2v) is 6.53. The standard InChI is InChI=1S/C19H20N4O3/c1-10(2)23-17-13(9-20-23)8-14(12(4)21-17)18(24)22-16-6-5-11(3)7-15(16)19(25)26/h5-10H,1-4H3,(H,22,24)(H,25,26). The van der Waals surface area contributed by atoms with Crippen LogP contribution in [0.1, 0.15) is 51.9 Å². The van der Waals surface area contributed by atoms with Gasteiger partial charge < -0.3 is 10.4 Å². The van der Waals surface area contributed by atoms with E-state index in [2.05, 4.69) is 15.4 Å². The van der Waals surface area contributed by atoms with E-state index in [1.807, 2.05) is 13.8 Å². The molecule has 0 saturated heterocycles. The van der Waals surface area contributed by atoms with Gasteiger partial charge in [0, 0.05) is 11.4 Å². The number of rotatable bonds is 4. The zero-order valence-corrected chi connectivity index (χ0v) is 15.1. The molecule has 2 heterocycles. The Kier molecular flexibility index (Phi) is 4.46. The molecule has 1 aromatic carbocycles. The van der Waals surface area contributed by atoms with E-state index in [0.717, 1.165) is 16.6 Å². The predicted molar refractivity (Wildman–Crippen MR) is 98.7 cm³/mol. The molecule has 0 spiro atoms. The van der Waals surface area contributed by atoms with Crippen LogP contribution >= 0.6 is 0 Å². The highest BCUT2D eigenvalue weighted by molar-refractivity contribution is 6.09. The smallest absolute Gasteiger partial charge is 0.337 e. The van der Waals surface area contributed by atoms with Gasteiger partial charge in [-0.2, -0.15) is 5.10 Å². The van der Waals surface area contributed by atoms with E-state index < -0.39 is 11.9 Å². The number of hydrogen-bond acceptors (Lipinski definition) is 4. The summed E-state index contributed by atoms with van der Waals surface area (Å²) in [6, 6.07) is 6.76. The van der Waals surface area contributed by atoms with Crippen molar-refractivity contribution in [3.05, 3.63) is 52.8 Å². The summed E-state index contributed by atoms with van der Waals surface area (Å²) in [6.45, 7) is 7.56. The van der Waals surface area contributed by atoms with Crippen LogP contribution in [0.2, 0.25) is 0 Å². The van der Waals surface area contributed by atoms with Crippen LogP contribution in [0.3, 0.4) is 0 Å². The first-order valence-corrected chi connectivity index (χ1v) is 8.28. The van der Waals surface area contributed by atoms with E-state index in [4.69, 9.17) is 0 Å². The minimum Gasteiger partial charge on any atom is -0.478 e. The molecule has 2 aromatic heterocycles. The Bertz CT molecular complexity index is 1020. The number of carboxylic acids is 1. The number of hydrogen-bond donors (Lipinski definition) is 2. The lowest BCUT2D eigenvalue weighted by Gasteiger charge is -2.11. The summed E-state index contributed by atoms with van der Waals surface area (Å²) in [6.07, 6.45) is 1.67. The van der Waals surface area contributed by atoms with Gasteiger partial charge >= 0.3 is 5.97 Å². The van der Waals surface area contributed by atoms with Crippen LogP contribution in [0.15, 0.2) is 30.5 Å². The average molecular weight is 352 g/mol. The van der Waals surface area contributed by atoms with Gasteiger partial charge in [0.1, 0.15) is 0 Å². The van der Waals surface area contributed by atoms with Gasteiger partial charge in [-0.1, -0.05) is 11.6 Å². The number of amides is 1. The molecule has 1 amide bonds. The lowest BCUT2D eigenvalue weighted by Crippen LogP contribution is -2.17. The molecule has 7 heteroatoms. The summed E-state index contributed by atoms with van der Waals surface area (Å²) in [4.78, 5) is 28.6. The zero-order valence-electron chi connectivity index (χ0n) is 15.1. The average Bonchev–Trinajstić information content (AvgIpc) is 2.98. The van der Waals surface area contributed by atoms with E-state index in [9.17, 15) is 14.7 Å². The first kappa shape index (κ1) is 17.6.